The summed E-state index contributed by atoms with van der Waals surface area (Å²) in [6, 6.07) is 3.42. The molecule has 0 unspecified atom stereocenters. The van der Waals surface area contributed by atoms with E-state index >= 15 is 0 Å². The molecule has 0 aliphatic heterocycles. The van der Waals surface area contributed by atoms with E-state index in [9.17, 15) is 4.39 Å². The maximum absolute atomic E-state index is 13.8. The number of nitrogens with zero attached hydrogens (tertiary/aromatic N) is 4. The Hall–Kier alpha value is -2.06. The van der Waals surface area contributed by atoms with Gasteiger partial charge < -0.3 is 10.6 Å². The van der Waals surface area contributed by atoms with Crippen LogP contribution in [0.1, 0.15) is 0 Å². The fraction of sp³-hybridized carbons (Fsp3) is 0.0909. The second-order valence-electron chi connectivity index (χ2n) is 3.82. The average molecular weight is 311 g/mol. The molecule has 0 amide bonds. The van der Waals surface area contributed by atoms with Gasteiger partial charge in [0.25, 0.3) is 0 Å². The van der Waals surface area contributed by atoms with Gasteiger partial charge in [-0.05, 0) is 12.1 Å². The molecule has 3 rings (SSSR count). The average Bonchev–Trinajstić information content (AvgIpc) is 2.92. The van der Waals surface area contributed by atoms with Crippen LogP contribution in [0.15, 0.2) is 18.3 Å². The van der Waals surface area contributed by atoms with Crippen LogP contribution in [0.25, 0.3) is 11.0 Å². The van der Waals surface area contributed by atoms with Gasteiger partial charge in [0.2, 0.25) is 5.95 Å². The van der Waals surface area contributed by atoms with Gasteiger partial charge in [-0.3, -0.25) is 0 Å². The summed E-state index contributed by atoms with van der Waals surface area (Å²) in [5.74, 6) is -0.263. The monoisotopic (exact) mass is 310 g/mol. The molecule has 0 spiro atoms. The van der Waals surface area contributed by atoms with E-state index in [-0.39, 0.29) is 5.82 Å². The summed E-state index contributed by atoms with van der Waals surface area (Å²) >= 11 is 7.19. The lowest BCUT2D eigenvalue weighted by molar-refractivity contribution is 0.619. The van der Waals surface area contributed by atoms with Crippen molar-refractivity contribution in [3.63, 3.8) is 0 Å². The number of anilines is 3. The summed E-state index contributed by atoms with van der Waals surface area (Å²) in [6.07, 6.45) is 1.08. The molecule has 0 fully saturated rings. The number of aromatic nitrogens is 4. The van der Waals surface area contributed by atoms with Crippen LogP contribution in [0.4, 0.5) is 21.8 Å². The number of rotatable bonds is 3. The number of hydrogen-bond acceptors (Lipinski definition) is 7. The Balaban J connectivity index is 2.09. The van der Waals surface area contributed by atoms with Gasteiger partial charge in [0.15, 0.2) is 11.6 Å². The number of hydrogen-bond donors (Lipinski definition) is 2. The van der Waals surface area contributed by atoms with Crippen LogP contribution < -0.4 is 10.6 Å². The minimum atomic E-state index is -0.583. The largest absolute Gasteiger partial charge is 0.357 e. The fourth-order valence-electron chi connectivity index (χ4n) is 1.64. The molecule has 0 bridgehead atoms. The SMILES string of the molecule is CNc1ncc(F)c(Nc2c(Cl)ccc3nsnc23)n1. The second kappa shape index (κ2) is 5.14. The van der Waals surface area contributed by atoms with Crippen LogP contribution in [0.5, 0.6) is 0 Å². The molecule has 3 aromatic rings. The molecule has 1 aromatic carbocycles. The number of halogens is 2. The van der Waals surface area contributed by atoms with E-state index in [1.54, 1.807) is 19.2 Å². The van der Waals surface area contributed by atoms with Crippen molar-refractivity contribution in [2.75, 3.05) is 17.7 Å². The van der Waals surface area contributed by atoms with Gasteiger partial charge in [-0.2, -0.15) is 13.7 Å². The van der Waals surface area contributed by atoms with Gasteiger partial charge in [-0.15, -0.1) is 0 Å². The van der Waals surface area contributed by atoms with Crippen LogP contribution in [0, 0.1) is 5.82 Å². The molecule has 0 saturated heterocycles. The van der Waals surface area contributed by atoms with Crippen LogP contribution in [0.3, 0.4) is 0 Å². The first-order chi connectivity index (χ1) is 9.69. The highest BCUT2D eigenvalue weighted by Crippen LogP contribution is 2.32. The van der Waals surface area contributed by atoms with Gasteiger partial charge in [-0.1, -0.05) is 11.6 Å². The van der Waals surface area contributed by atoms with E-state index < -0.39 is 5.82 Å². The van der Waals surface area contributed by atoms with Crippen molar-refractivity contribution < 1.29 is 4.39 Å². The van der Waals surface area contributed by atoms with Crippen molar-refractivity contribution in [1.82, 2.24) is 18.7 Å². The predicted molar refractivity (Wildman–Crippen MR) is 77.2 cm³/mol. The van der Waals surface area contributed by atoms with Crippen molar-refractivity contribution >= 4 is 51.8 Å². The molecule has 0 saturated carbocycles. The highest BCUT2D eigenvalue weighted by molar-refractivity contribution is 7.00. The summed E-state index contributed by atoms with van der Waals surface area (Å²) in [5, 5.41) is 6.00. The Kier molecular flexibility index (Phi) is 3.33. The molecule has 20 heavy (non-hydrogen) atoms. The summed E-state index contributed by atoms with van der Waals surface area (Å²) in [6.45, 7) is 0. The highest BCUT2D eigenvalue weighted by atomic mass is 35.5. The first-order valence-electron chi connectivity index (χ1n) is 5.57. The van der Waals surface area contributed by atoms with Gasteiger partial charge in [-0.25, -0.2) is 9.37 Å². The van der Waals surface area contributed by atoms with Crippen LogP contribution in [0.2, 0.25) is 5.02 Å². The van der Waals surface area contributed by atoms with Crippen molar-refractivity contribution in [3.8, 4) is 0 Å². The second-order valence-corrected chi connectivity index (χ2v) is 4.76. The number of fused-ring (bicyclic) bond motifs is 1. The first kappa shape index (κ1) is 12.9. The molecule has 102 valence electrons. The zero-order valence-corrected chi connectivity index (χ0v) is 11.8. The topological polar surface area (TPSA) is 75.6 Å². The first-order valence-corrected chi connectivity index (χ1v) is 6.68. The van der Waals surface area contributed by atoms with Crippen LogP contribution in [-0.4, -0.2) is 25.8 Å². The van der Waals surface area contributed by atoms with E-state index in [0.29, 0.717) is 27.7 Å². The van der Waals surface area contributed by atoms with Gasteiger partial charge >= 0.3 is 0 Å². The van der Waals surface area contributed by atoms with E-state index in [2.05, 4.69) is 29.3 Å². The van der Waals surface area contributed by atoms with E-state index in [1.807, 2.05) is 0 Å². The Morgan fingerprint density at radius 1 is 1.30 bits per heavy atom. The molecule has 0 atom stereocenters. The third-order valence-corrected chi connectivity index (χ3v) is 3.45. The van der Waals surface area contributed by atoms with Gasteiger partial charge in [0.05, 0.1) is 28.6 Å². The summed E-state index contributed by atoms with van der Waals surface area (Å²) in [5.41, 5.74) is 1.73. The maximum atomic E-state index is 13.8. The Morgan fingerprint density at radius 2 is 2.15 bits per heavy atom. The third kappa shape index (κ3) is 2.23. The van der Waals surface area contributed by atoms with E-state index in [4.69, 9.17) is 11.6 Å². The number of nitrogens with one attached hydrogen (secondary N) is 2. The van der Waals surface area contributed by atoms with Crippen molar-refractivity contribution in [2.24, 2.45) is 0 Å². The molecule has 2 heterocycles. The summed E-state index contributed by atoms with van der Waals surface area (Å²) < 4.78 is 22.0. The smallest absolute Gasteiger partial charge is 0.224 e. The standard InChI is InChI=1S/C11H8ClFN6S/c1-14-11-15-4-6(13)10(17-11)16-8-5(12)2-3-7-9(8)19-20-18-7/h2-4H,1H3,(H2,14,15,16,17). The quantitative estimate of drug-likeness (QED) is 0.774. The van der Waals surface area contributed by atoms with Crippen LogP contribution in [-0.2, 0) is 0 Å². The zero-order chi connectivity index (χ0) is 14.1. The molecule has 0 radical (unpaired) electrons. The van der Waals surface area contributed by atoms with Crippen molar-refractivity contribution in [2.45, 2.75) is 0 Å². The number of benzene rings is 1. The predicted octanol–water partition coefficient (Wildman–Crippen LogP) is 3.06. The lowest BCUT2D eigenvalue weighted by Gasteiger charge is -2.09. The molecule has 2 N–H and O–H groups in total. The molecule has 0 aliphatic rings. The normalized spacial score (nSPS) is 10.8. The third-order valence-electron chi connectivity index (χ3n) is 2.59. The minimum Gasteiger partial charge on any atom is -0.357 e. The summed E-state index contributed by atoms with van der Waals surface area (Å²) in [7, 11) is 1.65. The molecular formula is C11H8ClFN6S. The van der Waals surface area contributed by atoms with Crippen LogP contribution >= 0.6 is 23.3 Å². The Labute approximate surface area is 122 Å². The van der Waals surface area contributed by atoms with E-state index in [1.165, 1.54) is 0 Å². The Bertz CT molecular complexity index is 777. The van der Waals surface area contributed by atoms with Gasteiger partial charge in [0.1, 0.15) is 11.0 Å². The van der Waals surface area contributed by atoms with Crippen molar-refractivity contribution in [3.05, 3.63) is 29.2 Å². The van der Waals surface area contributed by atoms with Gasteiger partial charge in [0, 0.05) is 7.05 Å². The van der Waals surface area contributed by atoms with Crippen molar-refractivity contribution in [1.29, 1.82) is 0 Å². The molecule has 0 aliphatic carbocycles. The lowest BCUT2D eigenvalue weighted by Crippen LogP contribution is -2.03. The lowest BCUT2D eigenvalue weighted by atomic mass is 10.2. The highest BCUT2D eigenvalue weighted by Gasteiger charge is 2.13. The molecule has 9 heteroatoms. The molecule has 6 nitrogen and oxygen atoms in total. The minimum absolute atomic E-state index is 0.0201. The Morgan fingerprint density at radius 3 is 2.95 bits per heavy atom. The molecular weight excluding hydrogens is 303 g/mol. The fourth-order valence-corrected chi connectivity index (χ4v) is 2.38. The zero-order valence-electron chi connectivity index (χ0n) is 10.2. The molecule has 2 aromatic heterocycles. The summed E-state index contributed by atoms with van der Waals surface area (Å²) in [4.78, 5) is 7.78. The maximum Gasteiger partial charge on any atom is 0.224 e. The van der Waals surface area contributed by atoms with E-state index in [0.717, 1.165) is 17.9 Å².